The summed E-state index contributed by atoms with van der Waals surface area (Å²) in [5.41, 5.74) is 6.05. The summed E-state index contributed by atoms with van der Waals surface area (Å²) in [5.74, 6) is -2.13. The molecule has 106 valence electrons. The molecule has 0 amide bonds. The highest BCUT2D eigenvalue weighted by molar-refractivity contribution is 9.10. The second-order valence-corrected chi connectivity index (χ2v) is 5.39. The van der Waals surface area contributed by atoms with Crippen molar-refractivity contribution in [3.8, 4) is 0 Å². The van der Waals surface area contributed by atoms with E-state index in [0.717, 1.165) is 22.2 Å². The van der Waals surface area contributed by atoms with Gasteiger partial charge < -0.3 is 10.8 Å². The van der Waals surface area contributed by atoms with Crippen LogP contribution in [-0.2, 0) is 0 Å². The van der Waals surface area contributed by atoms with Gasteiger partial charge in [-0.05, 0) is 29.8 Å². The first-order valence-electron chi connectivity index (χ1n) is 6.12. The zero-order valence-electron chi connectivity index (χ0n) is 10.6. The van der Waals surface area contributed by atoms with Crippen molar-refractivity contribution in [2.24, 2.45) is 5.73 Å². The molecule has 0 saturated carbocycles. The second-order valence-electron chi connectivity index (χ2n) is 4.48. The summed E-state index contributed by atoms with van der Waals surface area (Å²) in [6.07, 6.45) is -1.34. The minimum atomic E-state index is -1.34. The van der Waals surface area contributed by atoms with Crippen molar-refractivity contribution in [1.29, 1.82) is 0 Å². The molecule has 0 fully saturated rings. The van der Waals surface area contributed by atoms with Crippen molar-refractivity contribution in [3.63, 3.8) is 0 Å². The fourth-order valence-corrected chi connectivity index (χ4v) is 2.60. The molecule has 2 nitrogen and oxygen atoms in total. The molecular formula is C15H14BrF2NO. The van der Waals surface area contributed by atoms with E-state index in [1.165, 1.54) is 6.07 Å². The Bertz CT molecular complexity index is 586. The van der Waals surface area contributed by atoms with Gasteiger partial charge in [-0.25, -0.2) is 8.78 Å². The minimum absolute atomic E-state index is 0.0748. The summed E-state index contributed by atoms with van der Waals surface area (Å²) < 4.78 is 28.3. The van der Waals surface area contributed by atoms with E-state index in [1.807, 2.05) is 6.07 Å². The number of aliphatic hydroxyl groups is 1. The van der Waals surface area contributed by atoms with Gasteiger partial charge in [-0.3, -0.25) is 0 Å². The smallest absolute Gasteiger partial charge is 0.131 e. The standard InChI is InChI=1S/C15H14BrF2NO/c16-10-4-1-3-9(7-10)11(8-19)15(20)14-12(17)5-2-6-13(14)18/h1-7,11,15,20H,8,19H2. The van der Waals surface area contributed by atoms with Crippen LogP contribution < -0.4 is 5.73 Å². The predicted molar refractivity (Wildman–Crippen MR) is 77.3 cm³/mol. The van der Waals surface area contributed by atoms with Gasteiger partial charge in [0.1, 0.15) is 11.6 Å². The topological polar surface area (TPSA) is 46.2 Å². The largest absolute Gasteiger partial charge is 0.388 e. The third-order valence-electron chi connectivity index (χ3n) is 3.21. The van der Waals surface area contributed by atoms with Crippen LogP contribution in [0.15, 0.2) is 46.9 Å². The predicted octanol–water partition coefficient (Wildman–Crippen LogP) is 3.50. The van der Waals surface area contributed by atoms with E-state index in [4.69, 9.17) is 5.73 Å². The third-order valence-corrected chi connectivity index (χ3v) is 3.70. The van der Waals surface area contributed by atoms with Crippen molar-refractivity contribution in [2.75, 3.05) is 6.54 Å². The first-order valence-corrected chi connectivity index (χ1v) is 6.91. The maximum Gasteiger partial charge on any atom is 0.131 e. The summed E-state index contributed by atoms with van der Waals surface area (Å²) in [4.78, 5) is 0. The summed E-state index contributed by atoms with van der Waals surface area (Å²) in [5, 5.41) is 10.3. The Morgan fingerprint density at radius 1 is 1.10 bits per heavy atom. The van der Waals surface area contributed by atoms with Crippen LogP contribution >= 0.6 is 15.9 Å². The normalized spacial score (nSPS) is 14.1. The first kappa shape index (κ1) is 15.1. The van der Waals surface area contributed by atoms with Crippen molar-refractivity contribution in [2.45, 2.75) is 12.0 Å². The van der Waals surface area contributed by atoms with Crippen LogP contribution in [0, 0.1) is 11.6 Å². The van der Waals surface area contributed by atoms with Gasteiger partial charge >= 0.3 is 0 Å². The first-order chi connectivity index (χ1) is 9.54. The van der Waals surface area contributed by atoms with E-state index in [-0.39, 0.29) is 12.1 Å². The van der Waals surface area contributed by atoms with Crippen LogP contribution in [0.4, 0.5) is 8.78 Å². The van der Waals surface area contributed by atoms with E-state index in [1.54, 1.807) is 18.2 Å². The van der Waals surface area contributed by atoms with Gasteiger partial charge in [0.05, 0.1) is 11.7 Å². The lowest BCUT2D eigenvalue weighted by atomic mass is 9.89. The van der Waals surface area contributed by atoms with Crippen LogP contribution in [0.3, 0.4) is 0 Å². The number of nitrogens with two attached hydrogens (primary N) is 1. The lowest BCUT2D eigenvalue weighted by molar-refractivity contribution is 0.138. The fourth-order valence-electron chi connectivity index (χ4n) is 2.18. The highest BCUT2D eigenvalue weighted by Crippen LogP contribution is 2.33. The quantitative estimate of drug-likeness (QED) is 0.893. The summed E-state index contributed by atoms with van der Waals surface area (Å²) >= 11 is 3.32. The molecule has 0 bridgehead atoms. The molecule has 2 aromatic rings. The maximum atomic E-state index is 13.7. The number of halogens is 3. The molecule has 20 heavy (non-hydrogen) atoms. The number of hydrogen-bond donors (Lipinski definition) is 2. The van der Waals surface area contributed by atoms with Gasteiger partial charge in [-0.1, -0.05) is 34.1 Å². The molecular weight excluding hydrogens is 328 g/mol. The molecule has 0 aromatic heterocycles. The fraction of sp³-hybridized carbons (Fsp3) is 0.200. The molecule has 0 aliphatic heterocycles. The average Bonchev–Trinajstić information content (AvgIpc) is 2.39. The van der Waals surface area contributed by atoms with Gasteiger partial charge in [0.2, 0.25) is 0 Å². The molecule has 0 heterocycles. The van der Waals surface area contributed by atoms with Crippen molar-refractivity contribution < 1.29 is 13.9 Å². The molecule has 0 spiro atoms. The molecule has 2 unspecified atom stereocenters. The van der Waals surface area contributed by atoms with Gasteiger partial charge in [0, 0.05) is 16.9 Å². The molecule has 3 N–H and O–H groups in total. The van der Waals surface area contributed by atoms with E-state index >= 15 is 0 Å². The van der Waals surface area contributed by atoms with Gasteiger partial charge in [-0.15, -0.1) is 0 Å². The van der Waals surface area contributed by atoms with Crippen LogP contribution in [0.1, 0.15) is 23.1 Å². The van der Waals surface area contributed by atoms with E-state index in [2.05, 4.69) is 15.9 Å². The Kier molecular flexibility index (Phi) is 4.86. The Hall–Kier alpha value is -1.30. The molecule has 0 aliphatic rings. The molecule has 5 heteroatoms. The van der Waals surface area contributed by atoms with E-state index in [9.17, 15) is 13.9 Å². The Labute approximate surface area is 124 Å². The number of hydrogen-bond acceptors (Lipinski definition) is 2. The molecule has 2 aromatic carbocycles. The monoisotopic (exact) mass is 341 g/mol. The molecule has 0 aliphatic carbocycles. The third kappa shape index (κ3) is 3.06. The van der Waals surface area contributed by atoms with Crippen LogP contribution in [0.2, 0.25) is 0 Å². The van der Waals surface area contributed by atoms with Crippen LogP contribution in [-0.4, -0.2) is 11.7 Å². The zero-order valence-corrected chi connectivity index (χ0v) is 12.1. The summed E-state index contributed by atoms with van der Waals surface area (Å²) in [6, 6.07) is 10.7. The number of benzene rings is 2. The lowest BCUT2D eigenvalue weighted by Gasteiger charge is -2.23. The van der Waals surface area contributed by atoms with Gasteiger partial charge in [0.25, 0.3) is 0 Å². The average molecular weight is 342 g/mol. The molecule has 2 rings (SSSR count). The van der Waals surface area contributed by atoms with Crippen LogP contribution in [0.5, 0.6) is 0 Å². The Morgan fingerprint density at radius 2 is 1.70 bits per heavy atom. The lowest BCUT2D eigenvalue weighted by Crippen LogP contribution is -2.21. The van der Waals surface area contributed by atoms with Crippen LogP contribution in [0.25, 0.3) is 0 Å². The number of rotatable bonds is 4. The Balaban J connectivity index is 2.41. The molecule has 0 radical (unpaired) electrons. The van der Waals surface area contributed by atoms with Crippen molar-refractivity contribution in [1.82, 2.24) is 0 Å². The second kappa shape index (κ2) is 6.43. The summed E-state index contributed by atoms with van der Waals surface area (Å²) in [6.45, 7) is 0.0748. The van der Waals surface area contributed by atoms with Gasteiger partial charge in [0.15, 0.2) is 0 Å². The number of aliphatic hydroxyl groups excluding tert-OH is 1. The maximum absolute atomic E-state index is 13.7. The molecule has 2 atom stereocenters. The highest BCUT2D eigenvalue weighted by Gasteiger charge is 2.26. The van der Waals surface area contributed by atoms with Crippen molar-refractivity contribution in [3.05, 3.63) is 69.7 Å². The van der Waals surface area contributed by atoms with E-state index in [0.29, 0.717) is 0 Å². The highest BCUT2D eigenvalue weighted by atomic mass is 79.9. The summed E-state index contributed by atoms with van der Waals surface area (Å²) in [7, 11) is 0. The SMILES string of the molecule is NCC(c1cccc(Br)c1)C(O)c1c(F)cccc1F. The molecule has 0 saturated heterocycles. The zero-order chi connectivity index (χ0) is 14.7. The Morgan fingerprint density at radius 3 is 2.25 bits per heavy atom. The minimum Gasteiger partial charge on any atom is -0.388 e. The van der Waals surface area contributed by atoms with Gasteiger partial charge in [-0.2, -0.15) is 0 Å². The van der Waals surface area contributed by atoms with E-state index < -0.39 is 23.7 Å². The van der Waals surface area contributed by atoms with Crippen molar-refractivity contribution >= 4 is 15.9 Å².